The van der Waals surface area contributed by atoms with Crippen LogP contribution in [0.5, 0.6) is 0 Å². The van der Waals surface area contributed by atoms with Crippen LogP contribution in [0.3, 0.4) is 0 Å². The molecule has 2 nitrogen and oxygen atoms in total. The van der Waals surface area contributed by atoms with E-state index in [0.29, 0.717) is 16.8 Å². The maximum Gasteiger partial charge on any atom is 0.170 e. The summed E-state index contributed by atoms with van der Waals surface area (Å²) in [5.74, 6) is 0.330. The van der Waals surface area contributed by atoms with E-state index >= 15 is 0 Å². The molecule has 0 saturated heterocycles. The van der Waals surface area contributed by atoms with E-state index in [1.165, 1.54) is 18.6 Å². The fraction of sp³-hybridized carbons (Fsp3) is 0.462. The van der Waals surface area contributed by atoms with E-state index in [-0.39, 0.29) is 5.02 Å². The molecule has 98 valence electrons. The zero-order chi connectivity index (χ0) is 13.1. The van der Waals surface area contributed by atoms with Crippen molar-refractivity contribution in [1.29, 1.82) is 0 Å². The quantitative estimate of drug-likeness (QED) is 0.805. The number of rotatable bonds is 2. The summed E-state index contributed by atoms with van der Waals surface area (Å²) in [5, 5.41) is 6.96. The first-order valence-electron chi connectivity index (χ1n) is 6.07. The van der Waals surface area contributed by atoms with Gasteiger partial charge in [0.05, 0.1) is 5.02 Å². The molecule has 0 spiro atoms. The second-order valence-electron chi connectivity index (χ2n) is 4.84. The van der Waals surface area contributed by atoms with Crippen LogP contribution in [0.1, 0.15) is 26.2 Å². The van der Waals surface area contributed by atoms with Crippen molar-refractivity contribution in [2.24, 2.45) is 5.92 Å². The van der Waals surface area contributed by atoms with Gasteiger partial charge in [0, 0.05) is 11.7 Å². The third-order valence-electron chi connectivity index (χ3n) is 3.21. The van der Waals surface area contributed by atoms with Crippen molar-refractivity contribution in [3.63, 3.8) is 0 Å². The largest absolute Gasteiger partial charge is 0.360 e. The predicted molar refractivity (Wildman–Crippen MR) is 77.6 cm³/mol. The van der Waals surface area contributed by atoms with Crippen molar-refractivity contribution >= 4 is 34.6 Å². The molecule has 1 aromatic carbocycles. The smallest absolute Gasteiger partial charge is 0.170 e. The summed E-state index contributed by atoms with van der Waals surface area (Å²) in [7, 11) is 0. The van der Waals surface area contributed by atoms with Crippen molar-refractivity contribution < 1.29 is 4.39 Å². The minimum Gasteiger partial charge on any atom is -0.360 e. The molecule has 2 unspecified atom stereocenters. The summed E-state index contributed by atoms with van der Waals surface area (Å²) in [5.41, 5.74) is 0.699. The van der Waals surface area contributed by atoms with Gasteiger partial charge in [-0.2, -0.15) is 0 Å². The molecule has 0 heterocycles. The van der Waals surface area contributed by atoms with Crippen LogP contribution in [-0.4, -0.2) is 11.2 Å². The summed E-state index contributed by atoms with van der Waals surface area (Å²) >= 11 is 10.9. The van der Waals surface area contributed by atoms with Crippen LogP contribution in [-0.2, 0) is 0 Å². The summed E-state index contributed by atoms with van der Waals surface area (Å²) in [6.07, 6.45) is 3.53. The summed E-state index contributed by atoms with van der Waals surface area (Å²) < 4.78 is 13.0. The molecule has 1 aliphatic carbocycles. The molecule has 1 aromatic rings. The van der Waals surface area contributed by atoms with Gasteiger partial charge < -0.3 is 10.6 Å². The van der Waals surface area contributed by atoms with E-state index in [1.807, 2.05) is 0 Å². The zero-order valence-electron chi connectivity index (χ0n) is 10.2. The van der Waals surface area contributed by atoms with Crippen LogP contribution in [0.2, 0.25) is 5.02 Å². The molecule has 0 amide bonds. The lowest BCUT2D eigenvalue weighted by Gasteiger charge is -2.16. The SMILES string of the molecule is CC1CCC(NC(=S)Nc2ccc(F)c(Cl)c2)C1. The molecule has 1 aliphatic rings. The lowest BCUT2D eigenvalue weighted by molar-refractivity contribution is 0.572. The molecule has 2 N–H and O–H groups in total. The van der Waals surface area contributed by atoms with Gasteiger partial charge in [-0.1, -0.05) is 18.5 Å². The Balaban J connectivity index is 1.89. The van der Waals surface area contributed by atoms with Crippen LogP contribution < -0.4 is 10.6 Å². The molecule has 1 saturated carbocycles. The minimum atomic E-state index is -0.425. The highest BCUT2D eigenvalue weighted by molar-refractivity contribution is 7.80. The Morgan fingerprint density at radius 3 is 2.83 bits per heavy atom. The molecule has 5 heteroatoms. The van der Waals surface area contributed by atoms with Gasteiger partial charge in [-0.25, -0.2) is 4.39 Å². The number of anilines is 1. The van der Waals surface area contributed by atoms with Gasteiger partial charge in [0.1, 0.15) is 5.82 Å². The normalized spacial score (nSPS) is 22.8. The van der Waals surface area contributed by atoms with E-state index in [2.05, 4.69) is 17.6 Å². The first kappa shape index (κ1) is 13.6. The molecule has 0 aliphatic heterocycles. The number of thiocarbonyl (C=S) groups is 1. The first-order chi connectivity index (χ1) is 8.54. The Kier molecular flexibility index (Phi) is 4.40. The van der Waals surface area contributed by atoms with Crippen LogP contribution in [0.15, 0.2) is 18.2 Å². The molecule has 2 rings (SSSR count). The summed E-state index contributed by atoms with van der Waals surface area (Å²) in [6, 6.07) is 4.91. The molecule has 18 heavy (non-hydrogen) atoms. The van der Waals surface area contributed by atoms with Gasteiger partial charge in [0.15, 0.2) is 5.11 Å². The standard InChI is InChI=1S/C13H16ClFN2S/c1-8-2-3-9(6-8)16-13(18)17-10-4-5-12(15)11(14)7-10/h4-5,7-9H,2-3,6H2,1H3,(H2,16,17,18). The molecule has 0 aromatic heterocycles. The number of halogens is 2. The molecule has 1 fully saturated rings. The van der Waals surface area contributed by atoms with Crippen molar-refractivity contribution in [2.45, 2.75) is 32.2 Å². The average molecular weight is 287 g/mol. The maximum atomic E-state index is 13.0. The lowest BCUT2D eigenvalue weighted by atomic mass is 10.1. The van der Waals surface area contributed by atoms with E-state index in [9.17, 15) is 4.39 Å². The van der Waals surface area contributed by atoms with Crippen molar-refractivity contribution in [3.8, 4) is 0 Å². The maximum absolute atomic E-state index is 13.0. The van der Waals surface area contributed by atoms with Crippen LogP contribution in [0.4, 0.5) is 10.1 Å². The summed E-state index contributed by atoms with van der Waals surface area (Å²) in [4.78, 5) is 0. The molecule has 0 bridgehead atoms. The van der Waals surface area contributed by atoms with Crippen LogP contribution in [0, 0.1) is 11.7 Å². The molecule has 2 atom stereocenters. The van der Waals surface area contributed by atoms with Crippen LogP contribution >= 0.6 is 23.8 Å². The second kappa shape index (κ2) is 5.85. The predicted octanol–water partition coefficient (Wildman–Crippen LogP) is 3.95. The fourth-order valence-electron chi connectivity index (χ4n) is 2.26. The Morgan fingerprint density at radius 2 is 2.22 bits per heavy atom. The molecular formula is C13H16ClFN2S. The van der Waals surface area contributed by atoms with Gasteiger partial charge in [0.25, 0.3) is 0 Å². The van der Waals surface area contributed by atoms with E-state index in [1.54, 1.807) is 6.07 Å². The molecular weight excluding hydrogens is 271 g/mol. The Labute approximate surface area is 117 Å². The molecule has 0 radical (unpaired) electrons. The average Bonchev–Trinajstić information content (AvgIpc) is 2.69. The Morgan fingerprint density at radius 1 is 1.44 bits per heavy atom. The third-order valence-corrected chi connectivity index (χ3v) is 3.72. The van der Waals surface area contributed by atoms with Crippen molar-refractivity contribution in [1.82, 2.24) is 5.32 Å². The highest BCUT2D eigenvalue weighted by atomic mass is 35.5. The monoisotopic (exact) mass is 286 g/mol. The van der Waals surface area contributed by atoms with E-state index in [4.69, 9.17) is 23.8 Å². The number of nitrogens with one attached hydrogen (secondary N) is 2. The van der Waals surface area contributed by atoms with Gasteiger partial charge in [-0.15, -0.1) is 0 Å². The Bertz CT molecular complexity index is 453. The number of hydrogen-bond acceptors (Lipinski definition) is 1. The van der Waals surface area contributed by atoms with Gasteiger partial charge in [-0.3, -0.25) is 0 Å². The van der Waals surface area contributed by atoms with Gasteiger partial charge >= 0.3 is 0 Å². The van der Waals surface area contributed by atoms with E-state index in [0.717, 1.165) is 18.8 Å². The third kappa shape index (κ3) is 3.56. The zero-order valence-corrected chi connectivity index (χ0v) is 11.7. The van der Waals surface area contributed by atoms with Gasteiger partial charge in [0.2, 0.25) is 0 Å². The highest BCUT2D eigenvalue weighted by Gasteiger charge is 2.21. The van der Waals surface area contributed by atoms with Crippen molar-refractivity contribution in [2.75, 3.05) is 5.32 Å². The van der Waals surface area contributed by atoms with E-state index < -0.39 is 5.82 Å². The van der Waals surface area contributed by atoms with Crippen LogP contribution in [0.25, 0.3) is 0 Å². The lowest BCUT2D eigenvalue weighted by Crippen LogP contribution is -2.36. The van der Waals surface area contributed by atoms with Crippen molar-refractivity contribution in [3.05, 3.63) is 29.0 Å². The minimum absolute atomic E-state index is 0.0947. The van der Waals surface area contributed by atoms with Gasteiger partial charge in [-0.05, 0) is 55.6 Å². The fourth-order valence-corrected chi connectivity index (χ4v) is 2.73. The second-order valence-corrected chi connectivity index (χ2v) is 5.66. The Hall–Kier alpha value is -0.870. The topological polar surface area (TPSA) is 24.1 Å². The summed E-state index contributed by atoms with van der Waals surface area (Å²) in [6.45, 7) is 2.25. The number of hydrogen-bond donors (Lipinski definition) is 2. The highest BCUT2D eigenvalue weighted by Crippen LogP contribution is 2.25. The number of benzene rings is 1. The first-order valence-corrected chi connectivity index (χ1v) is 6.86.